The summed E-state index contributed by atoms with van der Waals surface area (Å²) < 4.78 is 13.7. The van der Waals surface area contributed by atoms with Gasteiger partial charge in [-0.25, -0.2) is 4.39 Å². The van der Waals surface area contributed by atoms with Gasteiger partial charge in [-0.3, -0.25) is 9.59 Å². The molecule has 4 nitrogen and oxygen atoms in total. The van der Waals surface area contributed by atoms with Crippen LogP contribution in [0, 0.1) is 5.82 Å². The zero-order valence-electron chi connectivity index (χ0n) is 12.9. The van der Waals surface area contributed by atoms with E-state index in [-0.39, 0.29) is 17.6 Å². The van der Waals surface area contributed by atoms with Crippen molar-refractivity contribution < 1.29 is 14.0 Å². The normalized spacial score (nSPS) is 14.6. The fraction of sp³-hybridized carbons (Fsp3) is 0.222. The summed E-state index contributed by atoms with van der Waals surface area (Å²) in [6.07, 6.45) is 0. The number of carbonyl (C=O) groups is 2. The van der Waals surface area contributed by atoms with E-state index in [1.807, 2.05) is 18.2 Å². The highest BCUT2D eigenvalue weighted by Gasteiger charge is 2.26. The molecule has 24 heavy (non-hydrogen) atoms. The van der Waals surface area contributed by atoms with Crippen LogP contribution in [0.2, 0.25) is 0 Å². The lowest BCUT2D eigenvalue weighted by Crippen LogP contribution is -2.50. The first-order valence-electron chi connectivity index (χ1n) is 7.65. The number of nitrogens with zero attached hydrogens (tertiary/aromatic N) is 2. The van der Waals surface area contributed by atoms with Gasteiger partial charge in [0.1, 0.15) is 5.82 Å². The SMILES string of the molecule is O=C(c1ccc(F)cc1)N1CCN(C(=O)c2ccccc2Br)CC1. The van der Waals surface area contributed by atoms with E-state index in [1.54, 1.807) is 15.9 Å². The lowest BCUT2D eigenvalue weighted by atomic mass is 10.1. The molecule has 1 heterocycles. The van der Waals surface area contributed by atoms with Crippen molar-refractivity contribution in [1.82, 2.24) is 9.80 Å². The Morgan fingerprint density at radius 1 is 0.833 bits per heavy atom. The van der Waals surface area contributed by atoms with Crippen molar-refractivity contribution in [2.75, 3.05) is 26.2 Å². The van der Waals surface area contributed by atoms with Crippen LogP contribution in [0.15, 0.2) is 53.0 Å². The van der Waals surface area contributed by atoms with Crippen LogP contribution in [0.4, 0.5) is 4.39 Å². The number of rotatable bonds is 2. The number of amides is 2. The van der Waals surface area contributed by atoms with E-state index in [0.717, 1.165) is 4.47 Å². The zero-order chi connectivity index (χ0) is 17.1. The molecule has 0 unspecified atom stereocenters. The number of carbonyl (C=O) groups excluding carboxylic acids is 2. The first kappa shape index (κ1) is 16.6. The van der Waals surface area contributed by atoms with Crippen LogP contribution in [-0.2, 0) is 0 Å². The summed E-state index contributed by atoms with van der Waals surface area (Å²) >= 11 is 3.39. The monoisotopic (exact) mass is 390 g/mol. The van der Waals surface area contributed by atoms with Crippen molar-refractivity contribution in [1.29, 1.82) is 0 Å². The Hall–Kier alpha value is -2.21. The Bertz CT molecular complexity index is 756. The third-order valence-corrected chi connectivity index (χ3v) is 4.74. The molecule has 6 heteroatoms. The number of halogens is 2. The van der Waals surface area contributed by atoms with Crippen molar-refractivity contribution in [3.8, 4) is 0 Å². The standard InChI is InChI=1S/C18H16BrFN2O2/c19-16-4-2-1-3-15(16)18(24)22-11-9-21(10-12-22)17(23)13-5-7-14(20)8-6-13/h1-8H,9-12H2. The van der Waals surface area contributed by atoms with Crippen molar-refractivity contribution >= 4 is 27.7 Å². The van der Waals surface area contributed by atoms with E-state index in [2.05, 4.69) is 15.9 Å². The third kappa shape index (κ3) is 3.48. The highest BCUT2D eigenvalue weighted by Crippen LogP contribution is 2.19. The van der Waals surface area contributed by atoms with Crippen molar-refractivity contribution in [2.45, 2.75) is 0 Å². The smallest absolute Gasteiger partial charge is 0.255 e. The largest absolute Gasteiger partial charge is 0.335 e. The van der Waals surface area contributed by atoms with Crippen molar-refractivity contribution in [3.63, 3.8) is 0 Å². The van der Waals surface area contributed by atoms with Gasteiger partial charge in [0.2, 0.25) is 0 Å². The molecule has 0 N–H and O–H groups in total. The van der Waals surface area contributed by atoms with Gasteiger partial charge in [0.05, 0.1) is 5.56 Å². The Balaban J connectivity index is 1.63. The maximum atomic E-state index is 13.0. The molecule has 0 radical (unpaired) electrons. The summed E-state index contributed by atoms with van der Waals surface area (Å²) in [4.78, 5) is 28.4. The van der Waals surface area contributed by atoms with Gasteiger partial charge in [0.15, 0.2) is 0 Å². The van der Waals surface area contributed by atoms with Crippen LogP contribution >= 0.6 is 15.9 Å². The van der Waals surface area contributed by atoms with Crippen LogP contribution in [0.1, 0.15) is 20.7 Å². The lowest BCUT2D eigenvalue weighted by Gasteiger charge is -2.35. The Morgan fingerprint density at radius 3 is 1.96 bits per heavy atom. The molecule has 3 rings (SSSR count). The second-order valence-corrected chi connectivity index (χ2v) is 6.43. The van der Waals surface area contributed by atoms with E-state index in [9.17, 15) is 14.0 Å². The predicted octanol–water partition coefficient (Wildman–Crippen LogP) is 3.19. The van der Waals surface area contributed by atoms with E-state index in [4.69, 9.17) is 0 Å². The molecule has 2 aromatic carbocycles. The Morgan fingerprint density at radius 2 is 1.38 bits per heavy atom. The quantitative estimate of drug-likeness (QED) is 0.789. The molecule has 0 bridgehead atoms. The molecule has 0 aliphatic carbocycles. The second-order valence-electron chi connectivity index (χ2n) is 5.57. The fourth-order valence-electron chi connectivity index (χ4n) is 2.69. The van der Waals surface area contributed by atoms with Gasteiger partial charge in [-0.15, -0.1) is 0 Å². The Labute approximate surface area is 148 Å². The van der Waals surface area contributed by atoms with Crippen LogP contribution in [-0.4, -0.2) is 47.8 Å². The first-order valence-corrected chi connectivity index (χ1v) is 8.44. The average molecular weight is 391 g/mol. The minimum absolute atomic E-state index is 0.0450. The van der Waals surface area contributed by atoms with E-state index < -0.39 is 0 Å². The summed E-state index contributed by atoms with van der Waals surface area (Å²) in [6.45, 7) is 1.89. The van der Waals surface area contributed by atoms with Crippen LogP contribution in [0.5, 0.6) is 0 Å². The van der Waals surface area contributed by atoms with Gasteiger partial charge in [0.25, 0.3) is 11.8 Å². The lowest BCUT2D eigenvalue weighted by molar-refractivity contribution is 0.0535. The van der Waals surface area contributed by atoms with Crippen LogP contribution in [0.25, 0.3) is 0 Å². The van der Waals surface area contributed by atoms with Gasteiger partial charge in [-0.2, -0.15) is 0 Å². The molecule has 2 amide bonds. The van der Waals surface area contributed by atoms with E-state index >= 15 is 0 Å². The minimum Gasteiger partial charge on any atom is -0.335 e. The zero-order valence-corrected chi connectivity index (χ0v) is 14.5. The number of piperazine rings is 1. The van der Waals surface area contributed by atoms with Crippen LogP contribution < -0.4 is 0 Å². The average Bonchev–Trinajstić information content (AvgIpc) is 2.62. The molecule has 1 fully saturated rings. The number of hydrogen-bond acceptors (Lipinski definition) is 2. The molecular formula is C18H16BrFN2O2. The first-order chi connectivity index (χ1) is 11.6. The minimum atomic E-state index is -0.365. The van der Waals surface area contributed by atoms with E-state index in [0.29, 0.717) is 37.3 Å². The van der Waals surface area contributed by atoms with Gasteiger partial charge in [-0.1, -0.05) is 12.1 Å². The topological polar surface area (TPSA) is 40.6 Å². The molecule has 0 atom stereocenters. The molecule has 0 spiro atoms. The van der Waals surface area contributed by atoms with Gasteiger partial charge < -0.3 is 9.80 Å². The van der Waals surface area contributed by atoms with E-state index in [1.165, 1.54) is 24.3 Å². The summed E-state index contributed by atoms with van der Waals surface area (Å²) in [5.41, 5.74) is 1.08. The number of hydrogen-bond donors (Lipinski definition) is 0. The van der Waals surface area contributed by atoms with Gasteiger partial charge in [-0.05, 0) is 52.3 Å². The van der Waals surface area contributed by atoms with Crippen LogP contribution in [0.3, 0.4) is 0 Å². The number of benzene rings is 2. The molecule has 1 saturated heterocycles. The molecule has 0 saturated carbocycles. The molecule has 0 aromatic heterocycles. The maximum absolute atomic E-state index is 13.0. The summed E-state index contributed by atoms with van der Waals surface area (Å²) in [7, 11) is 0. The molecule has 2 aromatic rings. The van der Waals surface area contributed by atoms with Crippen molar-refractivity contribution in [3.05, 3.63) is 69.9 Å². The Kier molecular flexibility index (Phi) is 4.94. The maximum Gasteiger partial charge on any atom is 0.255 e. The summed E-state index contributed by atoms with van der Waals surface area (Å²) in [5, 5.41) is 0. The molecule has 124 valence electrons. The predicted molar refractivity (Wildman–Crippen MR) is 92.3 cm³/mol. The molecule has 1 aliphatic rings. The van der Waals surface area contributed by atoms with Gasteiger partial charge in [0, 0.05) is 36.2 Å². The molecular weight excluding hydrogens is 375 g/mol. The fourth-order valence-corrected chi connectivity index (χ4v) is 3.15. The molecule has 1 aliphatic heterocycles. The van der Waals surface area contributed by atoms with Gasteiger partial charge >= 0.3 is 0 Å². The van der Waals surface area contributed by atoms with Crippen molar-refractivity contribution in [2.24, 2.45) is 0 Å². The highest BCUT2D eigenvalue weighted by molar-refractivity contribution is 9.10. The highest BCUT2D eigenvalue weighted by atomic mass is 79.9. The third-order valence-electron chi connectivity index (χ3n) is 4.05. The second kappa shape index (κ2) is 7.13. The summed E-state index contributed by atoms with van der Waals surface area (Å²) in [6, 6.07) is 12.8. The summed E-state index contributed by atoms with van der Waals surface area (Å²) in [5.74, 6) is -0.547.